The first-order chi connectivity index (χ1) is 6.70. The Kier molecular flexibility index (Phi) is 6.89. The zero-order valence-corrected chi connectivity index (χ0v) is 10.3. The van der Waals surface area contributed by atoms with Gasteiger partial charge in [0.15, 0.2) is 0 Å². The molecule has 0 bridgehead atoms. The third kappa shape index (κ3) is 3.63. The lowest BCUT2D eigenvalue weighted by Crippen LogP contribution is -2.53. The molecule has 0 saturated carbocycles. The lowest BCUT2D eigenvalue weighted by atomic mass is 10.1. The maximum atomic E-state index is 11.8. The zero-order valence-electron chi connectivity index (χ0n) is 9.44. The van der Waals surface area contributed by atoms with Gasteiger partial charge >= 0.3 is 0 Å². The van der Waals surface area contributed by atoms with Crippen molar-refractivity contribution >= 4 is 18.3 Å². The van der Waals surface area contributed by atoms with Gasteiger partial charge < -0.3 is 15.4 Å². The fourth-order valence-electron chi connectivity index (χ4n) is 1.67. The Morgan fingerprint density at radius 2 is 2.27 bits per heavy atom. The van der Waals surface area contributed by atoms with Crippen LogP contribution in [0.15, 0.2) is 0 Å². The molecule has 4 nitrogen and oxygen atoms in total. The number of amides is 1. The molecule has 0 aromatic heterocycles. The fraction of sp³-hybridized carbons (Fsp3) is 0.900. The average Bonchev–Trinajstić information content (AvgIpc) is 2.26. The van der Waals surface area contributed by atoms with Crippen LogP contribution in [0.5, 0.6) is 0 Å². The number of rotatable bonds is 3. The standard InChI is InChI=1S/C10H20N2O2.ClH/c1-3-8-7-14-6-5-12(8)10(13)9(11)4-2;/h8-9H,3-7,11H2,1-2H3;1H/t8?,9-;/m0./s1. The van der Waals surface area contributed by atoms with Crippen LogP contribution in [0, 0.1) is 0 Å². The number of hydrogen-bond acceptors (Lipinski definition) is 3. The molecule has 2 atom stereocenters. The van der Waals surface area contributed by atoms with E-state index in [1.807, 2.05) is 11.8 Å². The molecule has 0 aliphatic carbocycles. The Morgan fingerprint density at radius 1 is 1.60 bits per heavy atom. The third-order valence-electron chi connectivity index (χ3n) is 2.74. The van der Waals surface area contributed by atoms with E-state index >= 15 is 0 Å². The summed E-state index contributed by atoms with van der Waals surface area (Å²) < 4.78 is 5.33. The largest absolute Gasteiger partial charge is 0.377 e. The van der Waals surface area contributed by atoms with Crippen LogP contribution in [0.1, 0.15) is 26.7 Å². The van der Waals surface area contributed by atoms with Gasteiger partial charge in [-0.15, -0.1) is 12.4 Å². The van der Waals surface area contributed by atoms with Crippen LogP contribution >= 0.6 is 12.4 Å². The molecule has 15 heavy (non-hydrogen) atoms. The number of ether oxygens (including phenoxy) is 1. The number of nitrogens with zero attached hydrogens (tertiary/aromatic N) is 1. The van der Waals surface area contributed by atoms with Crippen molar-refractivity contribution in [1.29, 1.82) is 0 Å². The van der Waals surface area contributed by atoms with Gasteiger partial charge in [-0.25, -0.2) is 0 Å². The molecule has 1 rings (SSSR count). The van der Waals surface area contributed by atoms with Crippen molar-refractivity contribution in [3.05, 3.63) is 0 Å². The topological polar surface area (TPSA) is 55.6 Å². The van der Waals surface area contributed by atoms with Crippen molar-refractivity contribution in [2.75, 3.05) is 19.8 Å². The predicted molar refractivity (Wildman–Crippen MR) is 62.1 cm³/mol. The molecule has 1 aliphatic rings. The summed E-state index contributed by atoms with van der Waals surface area (Å²) in [5.41, 5.74) is 5.73. The normalized spacial score (nSPS) is 23.1. The Bertz CT molecular complexity index is 202. The minimum atomic E-state index is -0.345. The summed E-state index contributed by atoms with van der Waals surface area (Å²) in [6, 6.07) is -0.129. The molecule has 1 unspecified atom stereocenters. The van der Waals surface area contributed by atoms with E-state index in [9.17, 15) is 4.79 Å². The van der Waals surface area contributed by atoms with E-state index in [-0.39, 0.29) is 30.4 Å². The fourth-order valence-corrected chi connectivity index (χ4v) is 1.67. The quantitative estimate of drug-likeness (QED) is 0.788. The van der Waals surface area contributed by atoms with Crippen LogP contribution in [-0.4, -0.2) is 42.6 Å². The highest BCUT2D eigenvalue weighted by molar-refractivity contribution is 5.85. The second-order valence-corrected chi connectivity index (χ2v) is 3.68. The minimum Gasteiger partial charge on any atom is -0.377 e. The highest BCUT2D eigenvalue weighted by Gasteiger charge is 2.28. The smallest absolute Gasteiger partial charge is 0.239 e. The molecule has 1 heterocycles. The molecule has 2 N–H and O–H groups in total. The Hall–Kier alpha value is -0.320. The van der Waals surface area contributed by atoms with Crippen molar-refractivity contribution in [2.24, 2.45) is 5.73 Å². The van der Waals surface area contributed by atoms with Crippen LogP contribution in [0.4, 0.5) is 0 Å². The van der Waals surface area contributed by atoms with Crippen LogP contribution in [0.3, 0.4) is 0 Å². The maximum absolute atomic E-state index is 11.8. The minimum absolute atomic E-state index is 0. The first-order valence-electron chi connectivity index (χ1n) is 5.34. The zero-order chi connectivity index (χ0) is 10.6. The van der Waals surface area contributed by atoms with Gasteiger partial charge in [0.2, 0.25) is 5.91 Å². The molecule has 1 aliphatic heterocycles. The van der Waals surface area contributed by atoms with Gasteiger partial charge in [-0.1, -0.05) is 13.8 Å². The van der Waals surface area contributed by atoms with E-state index in [0.717, 1.165) is 6.42 Å². The molecule has 5 heteroatoms. The summed E-state index contributed by atoms with van der Waals surface area (Å²) in [5.74, 6) is 0.0719. The van der Waals surface area contributed by atoms with Gasteiger partial charge in [-0.3, -0.25) is 4.79 Å². The second-order valence-electron chi connectivity index (χ2n) is 3.68. The summed E-state index contributed by atoms with van der Waals surface area (Å²) in [6.45, 7) is 5.98. The summed E-state index contributed by atoms with van der Waals surface area (Å²) >= 11 is 0. The molecule has 0 radical (unpaired) electrons. The van der Waals surface area contributed by atoms with Crippen LogP contribution in [0.25, 0.3) is 0 Å². The number of hydrogen-bond donors (Lipinski definition) is 1. The van der Waals surface area contributed by atoms with Gasteiger partial charge in [0.05, 0.1) is 25.3 Å². The maximum Gasteiger partial charge on any atom is 0.239 e. The molecule has 0 aromatic rings. The average molecular weight is 237 g/mol. The predicted octanol–water partition coefficient (Wildman–Crippen LogP) is 0.783. The first kappa shape index (κ1) is 14.7. The highest BCUT2D eigenvalue weighted by Crippen LogP contribution is 2.11. The van der Waals surface area contributed by atoms with E-state index in [2.05, 4.69) is 6.92 Å². The van der Waals surface area contributed by atoms with E-state index in [4.69, 9.17) is 10.5 Å². The molecular weight excluding hydrogens is 216 g/mol. The second kappa shape index (κ2) is 7.04. The molecular formula is C10H21ClN2O2. The summed E-state index contributed by atoms with van der Waals surface area (Å²) in [7, 11) is 0. The monoisotopic (exact) mass is 236 g/mol. The van der Waals surface area contributed by atoms with Gasteiger partial charge in [-0.2, -0.15) is 0 Å². The molecule has 1 fully saturated rings. The number of morpholine rings is 1. The van der Waals surface area contributed by atoms with Gasteiger partial charge in [0.1, 0.15) is 0 Å². The van der Waals surface area contributed by atoms with Crippen molar-refractivity contribution in [2.45, 2.75) is 38.8 Å². The molecule has 0 spiro atoms. The SMILES string of the molecule is CCC1COCCN1C(=O)[C@@H](N)CC.Cl. The van der Waals surface area contributed by atoms with Crippen molar-refractivity contribution < 1.29 is 9.53 Å². The van der Waals surface area contributed by atoms with Gasteiger partial charge in [-0.05, 0) is 12.8 Å². The number of nitrogens with two attached hydrogens (primary N) is 1. The number of halogens is 1. The summed E-state index contributed by atoms with van der Waals surface area (Å²) in [4.78, 5) is 13.7. The molecule has 1 amide bonds. The Labute approximate surface area is 97.5 Å². The molecule has 0 aromatic carbocycles. The van der Waals surface area contributed by atoms with E-state index in [1.165, 1.54) is 0 Å². The van der Waals surface area contributed by atoms with Crippen molar-refractivity contribution in [1.82, 2.24) is 4.90 Å². The van der Waals surface area contributed by atoms with Crippen molar-refractivity contribution in [3.8, 4) is 0 Å². The summed E-state index contributed by atoms with van der Waals surface area (Å²) in [6.07, 6.45) is 1.63. The van der Waals surface area contributed by atoms with Crippen LogP contribution in [0.2, 0.25) is 0 Å². The van der Waals surface area contributed by atoms with Gasteiger partial charge in [0, 0.05) is 6.54 Å². The number of carbonyl (C=O) groups is 1. The molecule has 90 valence electrons. The lowest BCUT2D eigenvalue weighted by molar-refractivity contribution is -0.141. The van der Waals surface area contributed by atoms with E-state index < -0.39 is 0 Å². The van der Waals surface area contributed by atoms with Crippen LogP contribution in [-0.2, 0) is 9.53 Å². The van der Waals surface area contributed by atoms with Gasteiger partial charge in [0.25, 0.3) is 0 Å². The van der Waals surface area contributed by atoms with E-state index in [0.29, 0.717) is 26.2 Å². The highest BCUT2D eigenvalue weighted by atomic mass is 35.5. The van der Waals surface area contributed by atoms with Crippen molar-refractivity contribution in [3.63, 3.8) is 0 Å². The Balaban J connectivity index is 0.00000196. The Morgan fingerprint density at radius 3 is 2.80 bits per heavy atom. The number of carbonyl (C=O) groups excluding carboxylic acids is 1. The third-order valence-corrected chi connectivity index (χ3v) is 2.74. The van der Waals surface area contributed by atoms with Crippen LogP contribution < -0.4 is 5.73 Å². The first-order valence-corrected chi connectivity index (χ1v) is 5.34. The lowest BCUT2D eigenvalue weighted by Gasteiger charge is -2.36. The molecule has 1 saturated heterocycles. The van der Waals surface area contributed by atoms with E-state index in [1.54, 1.807) is 0 Å². The summed E-state index contributed by atoms with van der Waals surface area (Å²) in [5, 5.41) is 0.